The Hall–Kier alpha value is -2.54. The van der Waals surface area contributed by atoms with E-state index in [1.807, 2.05) is 18.5 Å². The van der Waals surface area contributed by atoms with Gasteiger partial charge in [-0.05, 0) is 43.7 Å². The number of ether oxygens (including phenoxy) is 1. The number of fused-ring (bicyclic) bond motifs is 1. The highest BCUT2D eigenvalue weighted by molar-refractivity contribution is 7.98. The number of hydrogen-bond donors (Lipinski definition) is 0. The largest absolute Gasteiger partial charge is 0.496 e. The van der Waals surface area contributed by atoms with E-state index in [0.717, 1.165) is 63.1 Å². The molecule has 0 unspecified atom stereocenters. The van der Waals surface area contributed by atoms with Gasteiger partial charge in [0.2, 0.25) is 0 Å². The second-order valence-corrected chi connectivity index (χ2v) is 7.36. The smallest absolute Gasteiger partial charge is 0.165 e. The summed E-state index contributed by atoms with van der Waals surface area (Å²) in [6, 6.07) is 4.17. The van der Waals surface area contributed by atoms with E-state index in [1.54, 1.807) is 32.2 Å². The zero-order valence-corrected chi connectivity index (χ0v) is 18.1. The molecular formula is C21H26N4O2S. The molecule has 1 aromatic carbocycles. The monoisotopic (exact) mass is 398 g/mol. The molecule has 3 rings (SSSR count). The van der Waals surface area contributed by atoms with Crippen LogP contribution in [-0.4, -0.2) is 40.6 Å². The molecule has 0 radical (unpaired) electrons. The predicted octanol–water partition coefficient (Wildman–Crippen LogP) is 4.89. The Kier molecular flexibility index (Phi) is 6.24. The Morgan fingerprint density at radius 3 is 2.68 bits per heavy atom. The van der Waals surface area contributed by atoms with Gasteiger partial charge < -0.3 is 9.57 Å². The van der Waals surface area contributed by atoms with E-state index in [2.05, 4.69) is 41.4 Å². The van der Waals surface area contributed by atoms with Crippen molar-refractivity contribution < 1.29 is 9.57 Å². The fourth-order valence-electron chi connectivity index (χ4n) is 3.48. The third kappa shape index (κ3) is 3.58. The number of oxime groups is 1. The van der Waals surface area contributed by atoms with Crippen LogP contribution in [0.15, 0.2) is 34.7 Å². The lowest BCUT2D eigenvalue weighted by atomic mass is 10.0. The normalized spacial score (nSPS) is 11.9. The second kappa shape index (κ2) is 8.65. The van der Waals surface area contributed by atoms with Crippen molar-refractivity contribution in [2.45, 2.75) is 38.6 Å². The van der Waals surface area contributed by atoms with Crippen molar-refractivity contribution in [3.63, 3.8) is 0 Å². The van der Waals surface area contributed by atoms with Gasteiger partial charge in [-0.1, -0.05) is 24.6 Å². The van der Waals surface area contributed by atoms with Crippen molar-refractivity contribution >= 4 is 23.1 Å². The van der Waals surface area contributed by atoms with Crippen molar-refractivity contribution in [1.29, 1.82) is 0 Å². The van der Waals surface area contributed by atoms with Crippen LogP contribution in [0.5, 0.6) is 5.75 Å². The predicted molar refractivity (Wildman–Crippen MR) is 115 cm³/mol. The minimum Gasteiger partial charge on any atom is -0.496 e. The molecule has 0 aliphatic heterocycles. The van der Waals surface area contributed by atoms with Crippen LogP contribution in [0.1, 0.15) is 36.6 Å². The SMILES string of the molecule is CCCC(=NOC)c1c(SC)nc2c(-c3c(C)cc(C)cc3OC)nccn12. The van der Waals surface area contributed by atoms with Gasteiger partial charge >= 0.3 is 0 Å². The second-order valence-electron chi connectivity index (χ2n) is 6.57. The quantitative estimate of drug-likeness (QED) is 0.322. The van der Waals surface area contributed by atoms with E-state index in [4.69, 9.17) is 14.6 Å². The summed E-state index contributed by atoms with van der Waals surface area (Å²) in [6.45, 7) is 6.26. The summed E-state index contributed by atoms with van der Waals surface area (Å²) in [5, 5.41) is 5.18. The average molecular weight is 399 g/mol. The Balaban J connectivity index is 2.34. The fraction of sp³-hybridized carbons (Fsp3) is 0.381. The molecule has 0 atom stereocenters. The van der Waals surface area contributed by atoms with Crippen molar-refractivity contribution in [2.75, 3.05) is 20.5 Å². The van der Waals surface area contributed by atoms with Gasteiger partial charge in [-0.2, -0.15) is 0 Å². The summed E-state index contributed by atoms with van der Waals surface area (Å²) < 4.78 is 7.73. The Morgan fingerprint density at radius 2 is 2.04 bits per heavy atom. The van der Waals surface area contributed by atoms with Gasteiger partial charge in [0.15, 0.2) is 5.65 Å². The number of nitrogens with zero attached hydrogens (tertiary/aromatic N) is 4. The molecule has 2 heterocycles. The Morgan fingerprint density at radius 1 is 1.25 bits per heavy atom. The lowest BCUT2D eigenvalue weighted by molar-refractivity contribution is 0.212. The molecule has 0 spiro atoms. The molecule has 0 amide bonds. The minimum atomic E-state index is 0.784. The molecule has 0 N–H and O–H groups in total. The van der Waals surface area contributed by atoms with Crippen molar-refractivity contribution in [1.82, 2.24) is 14.4 Å². The number of hydrogen-bond acceptors (Lipinski definition) is 6. The van der Waals surface area contributed by atoms with E-state index in [1.165, 1.54) is 0 Å². The maximum absolute atomic E-state index is 5.67. The lowest BCUT2D eigenvalue weighted by Gasteiger charge is -2.13. The first-order valence-electron chi connectivity index (χ1n) is 9.22. The van der Waals surface area contributed by atoms with Gasteiger partial charge in [0.25, 0.3) is 0 Å². The van der Waals surface area contributed by atoms with Crippen molar-refractivity contribution in [3.8, 4) is 17.0 Å². The van der Waals surface area contributed by atoms with Gasteiger partial charge in [0.05, 0.1) is 7.11 Å². The highest BCUT2D eigenvalue weighted by Gasteiger charge is 2.22. The van der Waals surface area contributed by atoms with Crippen LogP contribution < -0.4 is 4.74 Å². The molecule has 2 aromatic heterocycles. The van der Waals surface area contributed by atoms with Gasteiger partial charge in [-0.15, -0.1) is 11.8 Å². The minimum absolute atomic E-state index is 0.784. The van der Waals surface area contributed by atoms with E-state index in [-0.39, 0.29) is 0 Å². The van der Waals surface area contributed by atoms with E-state index >= 15 is 0 Å². The van der Waals surface area contributed by atoms with Crippen LogP contribution in [0.3, 0.4) is 0 Å². The molecule has 7 heteroatoms. The third-order valence-corrected chi connectivity index (χ3v) is 5.24. The van der Waals surface area contributed by atoms with Crippen LogP contribution in [0.2, 0.25) is 0 Å². The standard InChI is InChI=1S/C21H26N4O2S/c1-7-8-15(24-27-5)19-21(28-6)23-20-18(22-9-10-25(19)20)17-14(3)11-13(2)12-16(17)26-4/h9-12H,7-8H2,1-6H3. The average Bonchev–Trinajstić information content (AvgIpc) is 3.06. The topological polar surface area (TPSA) is 61.0 Å². The number of methoxy groups -OCH3 is 1. The maximum atomic E-state index is 5.67. The van der Waals surface area contributed by atoms with Crippen LogP contribution in [0.25, 0.3) is 16.9 Å². The first kappa shape index (κ1) is 20.2. The number of thioether (sulfide) groups is 1. The maximum Gasteiger partial charge on any atom is 0.165 e. The molecule has 6 nitrogen and oxygen atoms in total. The molecule has 0 bridgehead atoms. The van der Waals surface area contributed by atoms with Gasteiger partial charge in [-0.3, -0.25) is 9.38 Å². The number of imidazole rings is 1. The highest BCUT2D eigenvalue weighted by Crippen LogP contribution is 2.36. The van der Waals surface area contributed by atoms with Gasteiger partial charge in [0, 0.05) is 18.0 Å². The summed E-state index contributed by atoms with van der Waals surface area (Å²) in [6.07, 6.45) is 7.52. The van der Waals surface area contributed by atoms with Crippen LogP contribution in [0.4, 0.5) is 0 Å². The number of aromatic nitrogens is 3. The van der Waals surface area contributed by atoms with Gasteiger partial charge in [0.1, 0.15) is 35.0 Å². The Labute approximate surface area is 170 Å². The molecule has 0 aliphatic rings. The fourth-order valence-corrected chi connectivity index (χ4v) is 4.07. The summed E-state index contributed by atoms with van der Waals surface area (Å²) in [5.41, 5.74) is 6.64. The molecule has 3 aromatic rings. The van der Waals surface area contributed by atoms with E-state index < -0.39 is 0 Å². The van der Waals surface area contributed by atoms with E-state index in [9.17, 15) is 0 Å². The van der Waals surface area contributed by atoms with E-state index in [0.29, 0.717) is 0 Å². The van der Waals surface area contributed by atoms with Crippen molar-refractivity contribution in [3.05, 3.63) is 41.3 Å². The molecular weight excluding hydrogens is 372 g/mol. The first-order valence-corrected chi connectivity index (χ1v) is 10.4. The first-order chi connectivity index (χ1) is 13.5. The molecule has 148 valence electrons. The third-order valence-electron chi connectivity index (χ3n) is 4.57. The summed E-state index contributed by atoms with van der Waals surface area (Å²) in [4.78, 5) is 14.7. The van der Waals surface area contributed by atoms with Gasteiger partial charge in [-0.25, -0.2) is 4.98 Å². The lowest BCUT2D eigenvalue weighted by Crippen LogP contribution is -2.07. The highest BCUT2D eigenvalue weighted by atomic mass is 32.2. The molecule has 0 aliphatic carbocycles. The Bertz CT molecular complexity index is 1030. The van der Waals surface area contributed by atoms with Crippen LogP contribution in [-0.2, 0) is 4.84 Å². The molecule has 28 heavy (non-hydrogen) atoms. The molecule has 0 fully saturated rings. The molecule has 0 saturated carbocycles. The van der Waals surface area contributed by atoms with Crippen LogP contribution in [0, 0.1) is 13.8 Å². The summed E-state index contributed by atoms with van der Waals surface area (Å²) in [5.74, 6) is 0.799. The zero-order valence-electron chi connectivity index (χ0n) is 17.2. The number of benzene rings is 1. The zero-order chi connectivity index (χ0) is 20.3. The molecule has 0 saturated heterocycles. The van der Waals surface area contributed by atoms with Crippen LogP contribution >= 0.6 is 11.8 Å². The van der Waals surface area contributed by atoms with Crippen molar-refractivity contribution in [2.24, 2.45) is 5.16 Å². The number of aryl methyl sites for hydroxylation is 2. The summed E-state index contributed by atoms with van der Waals surface area (Å²) in [7, 11) is 3.26. The number of rotatable bonds is 7. The summed E-state index contributed by atoms with van der Waals surface area (Å²) >= 11 is 1.59.